The van der Waals surface area contributed by atoms with Gasteiger partial charge in [0.25, 0.3) is 0 Å². The third-order valence-corrected chi connectivity index (χ3v) is 4.94. The zero-order valence-corrected chi connectivity index (χ0v) is 16.9. The predicted molar refractivity (Wildman–Crippen MR) is 105 cm³/mol. The number of anilines is 1. The summed E-state index contributed by atoms with van der Waals surface area (Å²) in [6, 6.07) is 5.64. The van der Waals surface area contributed by atoms with E-state index in [0.717, 1.165) is 11.8 Å². The summed E-state index contributed by atoms with van der Waals surface area (Å²) in [5, 5.41) is 0. The number of amides is 1. The second-order valence-corrected chi connectivity index (χ2v) is 6.88. The molecule has 3 aromatic rings. The van der Waals surface area contributed by atoms with Crippen LogP contribution in [0.5, 0.6) is 0 Å². The number of likely N-dealkylation sites (N-methyl/N-ethyl adjacent to an activating group) is 1. The van der Waals surface area contributed by atoms with Gasteiger partial charge in [-0.3, -0.25) is 9.69 Å². The summed E-state index contributed by atoms with van der Waals surface area (Å²) >= 11 is 0. The lowest BCUT2D eigenvalue weighted by Crippen LogP contribution is -2.31. The van der Waals surface area contributed by atoms with E-state index in [0.29, 0.717) is 23.4 Å². The first-order valence-electron chi connectivity index (χ1n) is 9.35. The Morgan fingerprint density at radius 3 is 2.19 bits per heavy atom. The van der Waals surface area contributed by atoms with Gasteiger partial charge in [-0.25, -0.2) is 31.9 Å². The Morgan fingerprint density at radius 1 is 0.968 bits per heavy atom. The molecule has 0 fully saturated rings. The standard InChI is InChI=1S/C22H18F5N3O/c1-4-15-22(28-10-16(29-15)12-5-7-13(23)8-6-12)30(3)17(31)9-14-11(2)18(24)20(26)21(27)19(14)25/h5-8,10H,4,9H2,1-3H3. The van der Waals surface area contributed by atoms with Crippen molar-refractivity contribution in [2.75, 3.05) is 11.9 Å². The van der Waals surface area contributed by atoms with Gasteiger partial charge < -0.3 is 0 Å². The van der Waals surface area contributed by atoms with E-state index in [-0.39, 0.29) is 5.82 Å². The average Bonchev–Trinajstić information content (AvgIpc) is 2.78. The number of hydrogen-bond donors (Lipinski definition) is 0. The van der Waals surface area contributed by atoms with Gasteiger partial charge in [-0.15, -0.1) is 0 Å². The van der Waals surface area contributed by atoms with Crippen molar-refractivity contribution in [3.05, 3.63) is 76.4 Å². The summed E-state index contributed by atoms with van der Waals surface area (Å²) in [4.78, 5) is 22.5. The van der Waals surface area contributed by atoms with Crippen LogP contribution >= 0.6 is 0 Å². The molecule has 1 heterocycles. The van der Waals surface area contributed by atoms with Crippen molar-refractivity contribution in [2.24, 2.45) is 0 Å². The van der Waals surface area contributed by atoms with Crippen LogP contribution in [-0.2, 0) is 17.6 Å². The lowest BCUT2D eigenvalue weighted by Gasteiger charge is -2.20. The van der Waals surface area contributed by atoms with Gasteiger partial charge in [0.05, 0.1) is 24.0 Å². The molecule has 0 spiro atoms. The molecule has 2 aromatic carbocycles. The average molecular weight is 435 g/mol. The zero-order chi connectivity index (χ0) is 22.9. The molecule has 0 saturated carbocycles. The van der Waals surface area contributed by atoms with Crippen molar-refractivity contribution in [1.29, 1.82) is 0 Å². The molecule has 0 saturated heterocycles. The van der Waals surface area contributed by atoms with Crippen molar-refractivity contribution >= 4 is 11.7 Å². The minimum absolute atomic E-state index is 0.180. The molecule has 0 radical (unpaired) electrons. The maximum atomic E-state index is 14.1. The molecular formula is C22H18F5N3O. The fraction of sp³-hybridized carbons (Fsp3) is 0.227. The Labute approximate surface area is 175 Å². The minimum Gasteiger partial charge on any atom is -0.298 e. The van der Waals surface area contributed by atoms with Crippen molar-refractivity contribution in [3.63, 3.8) is 0 Å². The maximum Gasteiger partial charge on any atom is 0.232 e. The fourth-order valence-electron chi connectivity index (χ4n) is 3.08. The van der Waals surface area contributed by atoms with Crippen molar-refractivity contribution in [2.45, 2.75) is 26.7 Å². The molecule has 1 aromatic heterocycles. The molecule has 0 bridgehead atoms. The third-order valence-electron chi connectivity index (χ3n) is 4.94. The van der Waals surface area contributed by atoms with Gasteiger partial charge in [0.2, 0.25) is 5.91 Å². The Hall–Kier alpha value is -3.36. The highest BCUT2D eigenvalue weighted by Crippen LogP contribution is 2.26. The number of benzene rings is 2. The summed E-state index contributed by atoms with van der Waals surface area (Å²) < 4.78 is 68.0. The van der Waals surface area contributed by atoms with E-state index < -0.39 is 52.5 Å². The molecule has 9 heteroatoms. The highest BCUT2D eigenvalue weighted by molar-refractivity contribution is 5.94. The van der Waals surface area contributed by atoms with Crippen LogP contribution < -0.4 is 4.90 Å². The Kier molecular flexibility index (Phi) is 6.33. The van der Waals surface area contributed by atoms with Crippen molar-refractivity contribution in [3.8, 4) is 11.3 Å². The third kappa shape index (κ3) is 4.26. The smallest absolute Gasteiger partial charge is 0.232 e. The molecule has 31 heavy (non-hydrogen) atoms. The summed E-state index contributed by atoms with van der Waals surface area (Å²) in [6.45, 7) is 2.85. The molecule has 0 aliphatic rings. The maximum absolute atomic E-state index is 14.1. The number of carbonyl (C=O) groups is 1. The lowest BCUT2D eigenvalue weighted by atomic mass is 10.0. The molecule has 162 valence electrons. The van der Waals surface area contributed by atoms with Gasteiger partial charge in [-0.05, 0) is 43.2 Å². The number of halogens is 5. The second-order valence-electron chi connectivity index (χ2n) is 6.88. The molecular weight excluding hydrogens is 417 g/mol. The Morgan fingerprint density at radius 2 is 1.58 bits per heavy atom. The van der Waals surface area contributed by atoms with Crippen LogP contribution in [0, 0.1) is 36.0 Å². The largest absolute Gasteiger partial charge is 0.298 e. The molecule has 1 amide bonds. The van der Waals surface area contributed by atoms with Crippen LogP contribution in [0.4, 0.5) is 27.8 Å². The Balaban J connectivity index is 1.92. The molecule has 0 N–H and O–H groups in total. The highest BCUT2D eigenvalue weighted by atomic mass is 19.2. The number of nitrogens with zero attached hydrogens (tertiary/aromatic N) is 3. The zero-order valence-electron chi connectivity index (χ0n) is 16.9. The molecule has 0 aliphatic carbocycles. The van der Waals surface area contributed by atoms with E-state index in [1.807, 2.05) is 0 Å². The van der Waals surface area contributed by atoms with E-state index in [1.54, 1.807) is 6.92 Å². The second kappa shape index (κ2) is 8.79. The molecule has 4 nitrogen and oxygen atoms in total. The number of rotatable bonds is 5. The molecule has 0 aliphatic heterocycles. The SMILES string of the molecule is CCc1nc(-c2ccc(F)cc2)cnc1N(C)C(=O)Cc1c(C)c(F)c(F)c(F)c1F. The fourth-order valence-corrected chi connectivity index (χ4v) is 3.08. The quantitative estimate of drug-likeness (QED) is 0.325. The van der Waals surface area contributed by atoms with Gasteiger partial charge in [-0.1, -0.05) is 6.92 Å². The predicted octanol–water partition coefficient (Wildman–Crippen LogP) is 4.92. The van der Waals surface area contributed by atoms with E-state index in [2.05, 4.69) is 9.97 Å². The summed E-state index contributed by atoms with van der Waals surface area (Å²) in [5.41, 5.74) is 0.477. The number of hydrogen-bond acceptors (Lipinski definition) is 3. The monoisotopic (exact) mass is 435 g/mol. The summed E-state index contributed by atoms with van der Waals surface area (Å²) in [7, 11) is 1.37. The minimum atomic E-state index is -1.97. The van der Waals surface area contributed by atoms with Crippen LogP contribution in [0.1, 0.15) is 23.7 Å². The summed E-state index contributed by atoms with van der Waals surface area (Å²) in [6.07, 6.45) is 1.09. The number of aryl methyl sites for hydroxylation is 1. The van der Waals surface area contributed by atoms with Crippen LogP contribution in [0.15, 0.2) is 30.5 Å². The van der Waals surface area contributed by atoms with E-state index in [4.69, 9.17) is 0 Å². The van der Waals surface area contributed by atoms with Crippen LogP contribution in [0.2, 0.25) is 0 Å². The van der Waals surface area contributed by atoms with Gasteiger partial charge in [-0.2, -0.15) is 0 Å². The Bertz CT molecular complexity index is 1120. The number of aromatic nitrogens is 2. The molecule has 3 rings (SSSR count). The summed E-state index contributed by atoms with van der Waals surface area (Å²) in [5.74, 6) is -7.97. The van der Waals surface area contributed by atoms with Gasteiger partial charge >= 0.3 is 0 Å². The topological polar surface area (TPSA) is 46.1 Å². The lowest BCUT2D eigenvalue weighted by molar-refractivity contribution is -0.117. The molecule has 0 atom stereocenters. The first kappa shape index (κ1) is 22.3. The van der Waals surface area contributed by atoms with E-state index in [1.165, 1.54) is 37.5 Å². The van der Waals surface area contributed by atoms with Crippen molar-refractivity contribution in [1.82, 2.24) is 9.97 Å². The van der Waals surface area contributed by atoms with Gasteiger partial charge in [0, 0.05) is 18.2 Å². The number of carbonyl (C=O) groups excluding carboxylic acids is 1. The normalized spacial score (nSPS) is 11.0. The van der Waals surface area contributed by atoms with Gasteiger partial charge in [0.1, 0.15) is 5.82 Å². The van der Waals surface area contributed by atoms with Crippen LogP contribution in [0.25, 0.3) is 11.3 Å². The van der Waals surface area contributed by atoms with Gasteiger partial charge in [0.15, 0.2) is 29.1 Å². The van der Waals surface area contributed by atoms with Crippen molar-refractivity contribution < 1.29 is 26.7 Å². The van der Waals surface area contributed by atoms with Crippen LogP contribution in [0.3, 0.4) is 0 Å². The first-order chi connectivity index (χ1) is 14.6. The first-order valence-corrected chi connectivity index (χ1v) is 9.35. The highest BCUT2D eigenvalue weighted by Gasteiger charge is 2.26. The molecule has 0 unspecified atom stereocenters. The van der Waals surface area contributed by atoms with E-state index >= 15 is 0 Å². The van der Waals surface area contributed by atoms with Crippen LogP contribution in [-0.4, -0.2) is 22.9 Å². The van der Waals surface area contributed by atoms with E-state index in [9.17, 15) is 26.7 Å².